The van der Waals surface area contributed by atoms with Gasteiger partial charge >= 0.3 is 0 Å². The molecule has 4 rings (SSSR count). The number of aryl methyl sites for hydroxylation is 1. The van der Waals surface area contributed by atoms with E-state index < -0.39 is 0 Å². The predicted octanol–water partition coefficient (Wildman–Crippen LogP) is 3.61. The molecule has 2 heterocycles. The van der Waals surface area contributed by atoms with Crippen molar-refractivity contribution in [3.05, 3.63) is 60.4 Å². The minimum Gasteiger partial charge on any atom is -0.493 e. The zero-order valence-electron chi connectivity index (χ0n) is 20.1. The quantitative estimate of drug-likeness (QED) is 0.434. The summed E-state index contributed by atoms with van der Waals surface area (Å²) in [5.74, 6) is 1.38. The molecule has 0 aliphatic carbocycles. The molecule has 0 radical (unpaired) electrons. The Kier molecular flexibility index (Phi) is 6.79. The van der Waals surface area contributed by atoms with Crippen LogP contribution in [0.15, 0.2) is 54.6 Å². The van der Waals surface area contributed by atoms with Gasteiger partial charge in [-0.1, -0.05) is 36.4 Å². The van der Waals surface area contributed by atoms with E-state index in [2.05, 4.69) is 10.3 Å². The minimum atomic E-state index is -0.226. The van der Waals surface area contributed by atoms with Crippen LogP contribution in [0.3, 0.4) is 0 Å². The van der Waals surface area contributed by atoms with Crippen LogP contribution in [0.25, 0.3) is 33.5 Å². The van der Waals surface area contributed by atoms with Crippen molar-refractivity contribution in [2.45, 2.75) is 0 Å². The fourth-order valence-electron chi connectivity index (χ4n) is 3.83. The third-order valence-electron chi connectivity index (χ3n) is 5.66. The number of amides is 1. The molecule has 1 N–H and O–H groups in total. The molecule has 0 bridgehead atoms. The molecule has 4 aromatic rings. The molecule has 0 saturated carbocycles. The van der Waals surface area contributed by atoms with Gasteiger partial charge in [-0.15, -0.1) is 0 Å². The van der Waals surface area contributed by atoms with Crippen molar-refractivity contribution in [2.75, 3.05) is 41.4 Å². The van der Waals surface area contributed by atoms with Gasteiger partial charge in [0, 0.05) is 31.3 Å². The summed E-state index contributed by atoms with van der Waals surface area (Å²) in [4.78, 5) is 24.3. The van der Waals surface area contributed by atoms with Gasteiger partial charge in [-0.05, 0) is 37.9 Å². The van der Waals surface area contributed by atoms with Crippen LogP contribution in [-0.2, 0) is 7.05 Å². The zero-order valence-corrected chi connectivity index (χ0v) is 20.1. The molecule has 0 aliphatic rings. The van der Waals surface area contributed by atoms with Gasteiger partial charge in [-0.2, -0.15) is 0 Å². The zero-order chi connectivity index (χ0) is 24.2. The lowest BCUT2D eigenvalue weighted by Gasteiger charge is -2.13. The van der Waals surface area contributed by atoms with E-state index in [1.54, 1.807) is 18.8 Å². The summed E-state index contributed by atoms with van der Waals surface area (Å²) in [6.07, 6.45) is 0. The number of carbonyl (C=O) groups is 1. The third kappa shape index (κ3) is 4.58. The smallest absolute Gasteiger partial charge is 0.287 e. The first-order valence-electron chi connectivity index (χ1n) is 11.0. The fourth-order valence-corrected chi connectivity index (χ4v) is 3.83. The van der Waals surface area contributed by atoms with Gasteiger partial charge in [-0.25, -0.2) is 9.97 Å². The summed E-state index contributed by atoms with van der Waals surface area (Å²) in [5.41, 5.74) is 4.84. The molecule has 0 atom stereocenters. The van der Waals surface area contributed by atoms with Crippen LogP contribution in [0.1, 0.15) is 10.6 Å². The fraction of sp³-hybridized carbons (Fsp3) is 0.269. The second kappa shape index (κ2) is 9.93. The molecule has 0 unspecified atom stereocenters. The second-order valence-electron chi connectivity index (χ2n) is 8.22. The van der Waals surface area contributed by atoms with Gasteiger partial charge < -0.3 is 24.3 Å². The molecule has 1 amide bonds. The Balaban J connectivity index is 1.85. The molecule has 176 valence electrons. The molecular weight excluding hydrogens is 430 g/mol. The molecule has 8 heteroatoms. The van der Waals surface area contributed by atoms with Crippen molar-refractivity contribution >= 4 is 17.1 Å². The van der Waals surface area contributed by atoms with Crippen molar-refractivity contribution in [1.29, 1.82) is 0 Å². The SMILES string of the molecule is COc1ccc(-c2cc3c(nc2-c2ccccc2)nc(C(=O)NCCN(C)C)n3C)cc1OC. The van der Waals surface area contributed by atoms with Crippen molar-refractivity contribution in [1.82, 2.24) is 24.8 Å². The molecule has 2 aromatic carbocycles. The first-order chi connectivity index (χ1) is 16.4. The number of hydrogen-bond acceptors (Lipinski definition) is 6. The van der Waals surface area contributed by atoms with Gasteiger partial charge in [0.15, 0.2) is 17.1 Å². The highest BCUT2D eigenvalue weighted by atomic mass is 16.5. The van der Waals surface area contributed by atoms with Crippen LogP contribution in [0.5, 0.6) is 11.5 Å². The van der Waals surface area contributed by atoms with Crippen LogP contribution in [-0.4, -0.2) is 66.7 Å². The maximum absolute atomic E-state index is 12.8. The van der Waals surface area contributed by atoms with E-state index in [0.29, 0.717) is 29.5 Å². The molecular formula is C26H29N5O3. The number of fused-ring (bicyclic) bond motifs is 1. The lowest BCUT2D eigenvalue weighted by molar-refractivity contribution is 0.0938. The second-order valence-corrected chi connectivity index (χ2v) is 8.22. The predicted molar refractivity (Wildman–Crippen MR) is 133 cm³/mol. The van der Waals surface area contributed by atoms with Gasteiger partial charge in [0.2, 0.25) is 5.82 Å². The number of ether oxygens (including phenoxy) is 2. The Morgan fingerprint density at radius 1 is 0.971 bits per heavy atom. The summed E-state index contributed by atoms with van der Waals surface area (Å²) >= 11 is 0. The van der Waals surface area contributed by atoms with E-state index in [9.17, 15) is 4.79 Å². The highest BCUT2D eigenvalue weighted by Crippen LogP contribution is 2.37. The number of hydrogen-bond donors (Lipinski definition) is 1. The number of nitrogens with zero attached hydrogens (tertiary/aromatic N) is 4. The number of rotatable bonds is 8. The largest absolute Gasteiger partial charge is 0.493 e. The average molecular weight is 460 g/mol. The topological polar surface area (TPSA) is 81.5 Å². The van der Waals surface area contributed by atoms with Crippen molar-refractivity contribution in [2.24, 2.45) is 7.05 Å². The van der Waals surface area contributed by atoms with Gasteiger partial charge in [0.1, 0.15) is 0 Å². The van der Waals surface area contributed by atoms with Crippen LogP contribution in [0.2, 0.25) is 0 Å². The maximum Gasteiger partial charge on any atom is 0.287 e. The molecule has 0 fully saturated rings. The van der Waals surface area contributed by atoms with E-state index in [1.807, 2.05) is 80.6 Å². The summed E-state index contributed by atoms with van der Waals surface area (Å²) in [6.45, 7) is 1.28. The molecule has 0 aliphatic heterocycles. The standard InChI is InChI=1S/C26H29N5O3/c1-30(2)14-13-27-26(32)25-29-24-20(31(25)3)16-19(23(28-24)17-9-7-6-8-10-17)18-11-12-21(33-4)22(15-18)34-5/h6-12,15-16H,13-14H2,1-5H3,(H,27,32). The third-order valence-corrected chi connectivity index (χ3v) is 5.66. The molecule has 0 saturated heterocycles. The van der Waals surface area contributed by atoms with Crippen molar-refractivity contribution in [3.63, 3.8) is 0 Å². The van der Waals surface area contributed by atoms with Gasteiger partial charge in [-0.3, -0.25) is 4.79 Å². The van der Waals surface area contributed by atoms with E-state index >= 15 is 0 Å². The van der Waals surface area contributed by atoms with Crippen molar-refractivity contribution in [3.8, 4) is 33.9 Å². The lowest BCUT2D eigenvalue weighted by atomic mass is 9.98. The monoisotopic (exact) mass is 459 g/mol. The van der Waals surface area contributed by atoms with E-state index in [4.69, 9.17) is 14.5 Å². The summed E-state index contributed by atoms with van der Waals surface area (Å²) in [6, 6.07) is 17.7. The van der Waals surface area contributed by atoms with Gasteiger partial charge in [0.25, 0.3) is 5.91 Å². The van der Waals surface area contributed by atoms with Gasteiger partial charge in [0.05, 0.1) is 25.4 Å². The molecule has 34 heavy (non-hydrogen) atoms. The van der Waals surface area contributed by atoms with E-state index in [1.165, 1.54) is 0 Å². The normalized spacial score (nSPS) is 11.1. The first-order valence-corrected chi connectivity index (χ1v) is 11.0. The summed E-state index contributed by atoms with van der Waals surface area (Å²) in [7, 11) is 8.99. The Morgan fingerprint density at radius 3 is 2.38 bits per heavy atom. The minimum absolute atomic E-state index is 0.226. The van der Waals surface area contributed by atoms with E-state index in [0.717, 1.165) is 34.4 Å². The highest BCUT2D eigenvalue weighted by Gasteiger charge is 2.20. The maximum atomic E-state index is 12.8. The highest BCUT2D eigenvalue weighted by molar-refractivity contribution is 5.96. The van der Waals surface area contributed by atoms with Crippen molar-refractivity contribution < 1.29 is 14.3 Å². The Bertz CT molecular complexity index is 1320. The number of likely N-dealkylation sites (N-methyl/N-ethyl adjacent to an activating group) is 1. The number of benzene rings is 2. The molecule has 2 aromatic heterocycles. The Morgan fingerprint density at radius 2 is 1.71 bits per heavy atom. The lowest BCUT2D eigenvalue weighted by Crippen LogP contribution is -2.32. The van der Waals surface area contributed by atoms with Crippen LogP contribution >= 0.6 is 0 Å². The number of carbonyl (C=O) groups excluding carboxylic acids is 1. The Labute approximate surface area is 199 Å². The first kappa shape index (κ1) is 23.3. The number of pyridine rings is 1. The van der Waals surface area contributed by atoms with E-state index in [-0.39, 0.29) is 5.91 Å². The summed E-state index contributed by atoms with van der Waals surface area (Å²) in [5, 5.41) is 2.93. The molecule has 8 nitrogen and oxygen atoms in total. The van der Waals surface area contributed by atoms with Crippen LogP contribution in [0.4, 0.5) is 0 Å². The van der Waals surface area contributed by atoms with Crippen LogP contribution in [0, 0.1) is 0 Å². The summed E-state index contributed by atoms with van der Waals surface area (Å²) < 4.78 is 12.7. The Hall–Kier alpha value is -3.91. The number of imidazole rings is 1. The average Bonchev–Trinajstić information content (AvgIpc) is 3.18. The number of methoxy groups -OCH3 is 2. The molecule has 0 spiro atoms. The number of aromatic nitrogens is 3. The van der Waals surface area contributed by atoms with Crippen LogP contribution < -0.4 is 14.8 Å². The number of nitrogens with one attached hydrogen (secondary N) is 1.